The summed E-state index contributed by atoms with van der Waals surface area (Å²) in [5, 5.41) is 11.5. The van der Waals surface area contributed by atoms with E-state index < -0.39 is 11.9 Å². The number of aliphatic carboxylic acids is 1. The number of amides is 1. The number of carboxylic acids is 1. The van der Waals surface area contributed by atoms with Gasteiger partial charge in [-0.3, -0.25) is 9.59 Å². The van der Waals surface area contributed by atoms with E-state index in [1.807, 2.05) is 12.1 Å². The van der Waals surface area contributed by atoms with E-state index in [1.54, 1.807) is 12.1 Å². The second-order valence-corrected chi connectivity index (χ2v) is 3.70. The maximum absolute atomic E-state index is 11.1. The first-order valence-electron chi connectivity index (χ1n) is 5.41. The van der Waals surface area contributed by atoms with Gasteiger partial charge in [0.2, 0.25) is 5.91 Å². The normalized spacial score (nSPS) is 10.1. The lowest BCUT2D eigenvalue weighted by atomic mass is 10.1. The molecule has 0 aliphatic heterocycles. The molecule has 0 unspecified atom stereocenters. The van der Waals surface area contributed by atoms with Crippen LogP contribution in [0.2, 0.25) is 0 Å². The Kier molecular flexibility index (Phi) is 5.16. The summed E-state index contributed by atoms with van der Waals surface area (Å²) >= 11 is 0. The molecular formula is C12H16N2O3. The average Bonchev–Trinajstić information content (AvgIpc) is 2.28. The van der Waals surface area contributed by atoms with Crippen LogP contribution in [0.15, 0.2) is 24.3 Å². The monoisotopic (exact) mass is 236 g/mol. The van der Waals surface area contributed by atoms with Crippen molar-refractivity contribution in [1.82, 2.24) is 5.32 Å². The third-order valence-electron chi connectivity index (χ3n) is 2.34. The zero-order chi connectivity index (χ0) is 12.7. The number of nitrogens with two attached hydrogens (primary N) is 1. The Morgan fingerprint density at radius 2 is 2.00 bits per heavy atom. The second-order valence-electron chi connectivity index (χ2n) is 3.70. The molecule has 1 aromatic carbocycles. The summed E-state index contributed by atoms with van der Waals surface area (Å²) in [6, 6.07) is 7.09. The lowest BCUT2D eigenvalue weighted by Gasteiger charge is -2.07. The molecule has 0 saturated carbocycles. The molecule has 0 fully saturated rings. The number of rotatable bonds is 7. The van der Waals surface area contributed by atoms with Gasteiger partial charge in [0.05, 0.1) is 0 Å². The molecule has 92 valence electrons. The highest BCUT2D eigenvalue weighted by atomic mass is 16.4. The van der Waals surface area contributed by atoms with Crippen LogP contribution in [-0.2, 0) is 11.3 Å². The SMILES string of the molecule is NC(=O)c1ccccc1CNCCCC(=O)O. The Hall–Kier alpha value is -1.88. The van der Waals surface area contributed by atoms with E-state index in [-0.39, 0.29) is 6.42 Å². The van der Waals surface area contributed by atoms with Crippen molar-refractivity contribution >= 4 is 11.9 Å². The first-order chi connectivity index (χ1) is 8.11. The van der Waals surface area contributed by atoms with Crippen LogP contribution in [0.25, 0.3) is 0 Å². The molecule has 0 heterocycles. The fourth-order valence-electron chi connectivity index (χ4n) is 1.50. The molecule has 0 saturated heterocycles. The van der Waals surface area contributed by atoms with Gasteiger partial charge in [-0.15, -0.1) is 0 Å². The van der Waals surface area contributed by atoms with E-state index >= 15 is 0 Å². The molecule has 5 nitrogen and oxygen atoms in total. The van der Waals surface area contributed by atoms with E-state index in [0.29, 0.717) is 25.1 Å². The summed E-state index contributed by atoms with van der Waals surface area (Å²) in [5.74, 6) is -1.25. The Labute approximate surface area is 99.6 Å². The molecule has 0 aromatic heterocycles. The molecule has 5 heteroatoms. The van der Waals surface area contributed by atoms with Crippen molar-refractivity contribution in [3.63, 3.8) is 0 Å². The predicted molar refractivity (Wildman–Crippen MR) is 63.5 cm³/mol. The third-order valence-corrected chi connectivity index (χ3v) is 2.34. The maximum atomic E-state index is 11.1. The molecule has 1 aromatic rings. The number of carboxylic acid groups (broad SMARTS) is 1. The highest BCUT2D eigenvalue weighted by Gasteiger charge is 2.06. The first-order valence-corrected chi connectivity index (χ1v) is 5.41. The second kappa shape index (κ2) is 6.65. The van der Waals surface area contributed by atoms with Crippen molar-refractivity contribution in [1.29, 1.82) is 0 Å². The Morgan fingerprint density at radius 1 is 1.29 bits per heavy atom. The molecule has 0 aliphatic rings. The van der Waals surface area contributed by atoms with Crippen LogP contribution in [0.3, 0.4) is 0 Å². The summed E-state index contributed by atoms with van der Waals surface area (Å²) in [4.78, 5) is 21.4. The van der Waals surface area contributed by atoms with Gasteiger partial charge in [0.25, 0.3) is 0 Å². The standard InChI is InChI=1S/C12H16N2O3/c13-12(17)10-5-2-1-4-9(10)8-14-7-3-6-11(15)16/h1-2,4-5,14H,3,6-8H2,(H2,13,17)(H,15,16). The van der Waals surface area contributed by atoms with Gasteiger partial charge in [-0.25, -0.2) is 0 Å². The molecule has 1 rings (SSSR count). The minimum Gasteiger partial charge on any atom is -0.481 e. The molecule has 0 aliphatic carbocycles. The van der Waals surface area contributed by atoms with E-state index in [0.717, 1.165) is 5.56 Å². The highest BCUT2D eigenvalue weighted by molar-refractivity contribution is 5.94. The number of carbonyl (C=O) groups excluding carboxylic acids is 1. The number of carbonyl (C=O) groups is 2. The summed E-state index contributed by atoms with van der Waals surface area (Å²) < 4.78 is 0. The van der Waals surface area contributed by atoms with Crippen LogP contribution < -0.4 is 11.1 Å². The zero-order valence-electron chi connectivity index (χ0n) is 9.48. The Balaban J connectivity index is 2.41. The smallest absolute Gasteiger partial charge is 0.303 e. The van der Waals surface area contributed by atoms with Crippen LogP contribution in [0, 0.1) is 0 Å². The number of primary amides is 1. The summed E-state index contributed by atoms with van der Waals surface area (Å²) in [5.41, 5.74) is 6.57. The van der Waals surface area contributed by atoms with E-state index in [4.69, 9.17) is 10.8 Å². The predicted octanol–water partition coefficient (Wildman–Crippen LogP) is 0.740. The van der Waals surface area contributed by atoms with Crippen molar-refractivity contribution in [2.45, 2.75) is 19.4 Å². The van der Waals surface area contributed by atoms with Gasteiger partial charge in [0, 0.05) is 18.5 Å². The van der Waals surface area contributed by atoms with Crippen LogP contribution >= 0.6 is 0 Å². The maximum Gasteiger partial charge on any atom is 0.303 e. The van der Waals surface area contributed by atoms with Gasteiger partial charge in [0.15, 0.2) is 0 Å². The van der Waals surface area contributed by atoms with Gasteiger partial charge >= 0.3 is 5.97 Å². The van der Waals surface area contributed by atoms with Crippen LogP contribution in [-0.4, -0.2) is 23.5 Å². The van der Waals surface area contributed by atoms with Crippen molar-refractivity contribution < 1.29 is 14.7 Å². The molecule has 0 bridgehead atoms. The molecule has 0 spiro atoms. The zero-order valence-corrected chi connectivity index (χ0v) is 9.48. The molecular weight excluding hydrogens is 220 g/mol. The quantitative estimate of drug-likeness (QED) is 0.609. The van der Waals surface area contributed by atoms with Gasteiger partial charge in [-0.1, -0.05) is 18.2 Å². The minimum absolute atomic E-state index is 0.143. The van der Waals surface area contributed by atoms with E-state index in [1.165, 1.54) is 0 Å². The number of hydrogen-bond donors (Lipinski definition) is 3. The lowest BCUT2D eigenvalue weighted by Crippen LogP contribution is -2.20. The largest absolute Gasteiger partial charge is 0.481 e. The van der Waals surface area contributed by atoms with Crippen LogP contribution in [0.4, 0.5) is 0 Å². The van der Waals surface area contributed by atoms with Gasteiger partial charge in [-0.2, -0.15) is 0 Å². The fourth-order valence-corrected chi connectivity index (χ4v) is 1.50. The van der Waals surface area contributed by atoms with Crippen molar-refractivity contribution in [3.05, 3.63) is 35.4 Å². The highest BCUT2D eigenvalue weighted by Crippen LogP contribution is 2.07. The minimum atomic E-state index is -0.802. The first kappa shape index (κ1) is 13.2. The molecule has 4 N–H and O–H groups in total. The van der Waals surface area contributed by atoms with Gasteiger partial charge < -0.3 is 16.2 Å². The van der Waals surface area contributed by atoms with Crippen LogP contribution in [0.5, 0.6) is 0 Å². The van der Waals surface area contributed by atoms with Gasteiger partial charge in [0.1, 0.15) is 0 Å². The number of nitrogens with one attached hydrogen (secondary N) is 1. The average molecular weight is 236 g/mol. The molecule has 1 amide bonds. The molecule has 17 heavy (non-hydrogen) atoms. The molecule has 0 atom stereocenters. The summed E-state index contributed by atoms with van der Waals surface area (Å²) in [6.45, 7) is 1.11. The van der Waals surface area contributed by atoms with Crippen molar-refractivity contribution in [2.75, 3.05) is 6.54 Å². The van der Waals surface area contributed by atoms with E-state index in [9.17, 15) is 9.59 Å². The van der Waals surface area contributed by atoms with Crippen molar-refractivity contribution in [3.8, 4) is 0 Å². The summed E-state index contributed by atoms with van der Waals surface area (Å²) in [6.07, 6.45) is 0.707. The Morgan fingerprint density at radius 3 is 2.65 bits per heavy atom. The Bertz CT molecular complexity index is 404. The number of hydrogen-bond acceptors (Lipinski definition) is 3. The topological polar surface area (TPSA) is 92.4 Å². The number of benzene rings is 1. The summed E-state index contributed by atoms with van der Waals surface area (Å²) in [7, 11) is 0. The lowest BCUT2D eigenvalue weighted by molar-refractivity contribution is -0.137. The molecule has 0 radical (unpaired) electrons. The fraction of sp³-hybridized carbons (Fsp3) is 0.333. The van der Waals surface area contributed by atoms with Gasteiger partial charge in [-0.05, 0) is 24.6 Å². The van der Waals surface area contributed by atoms with Crippen LogP contribution in [0.1, 0.15) is 28.8 Å². The third kappa shape index (κ3) is 4.65. The van der Waals surface area contributed by atoms with E-state index in [2.05, 4.69) is 5.32 Å². The van der Waals surface area contributed by atoms with Crippen molar-refractivity contribution in [2.24, 2.45) is 5.73 Å².